The van der Waals surface area contributed by atoms with Gasteiger partial charge in [-0.15, -0.1) is 0 Å². The van der Waals surface area contributed by atoms with E-state index in [4.69, 9.17) is 4.74 Å². The Balaban J connectivity index is 2.37. The van der Waals surface area contributed by atoms with Crippen molar-refractivity contribution in [3.05, 3.63) is 28.8 Å². The maximum absolute atomic E-state index is 5.78. The van der Waals surface area contributed by atoms with Gasteiger partial charge in [-0.3, -0.25) is 0 Å². The summed E-state index contributed by atoms with van der Waals surface area (Å²) in [5.41, 5.74) is 3.90. The lowest BCUT2D eigenvalue weighted by Gasteiger charge is -2.29. The fraction of sp³-hybridized carbons (Fsp3) is 0.571. The molecular weight excluding hydrogens is 198 g/mol. The lowest BCUT2D eigenvalue weighted by Crippen LogP contribution is -2.32. The van der Waals surface area contributed by atoms with Crippen molar-refractivity contribution in [3.8, 4) is 5.75 Å². The first-order chi connectivity index (χ1) is 7.58. The third-order valence-corrected chi connectivity index (χ3v) is 3.01. The molecule has 16 heavy (non-hydrogen) atoms. The van der Waals surface area contributed by atoms with E-state index >= 15 is 0 Å². The van der Waals surface area contributed by atoms with Crippen LogP contribution in [0.3, 0.4) is 0 Å². The minimum Gasteiger partial charge on any atom is -0.493 e. The lowest BCUT2D eigenvalue weighted by atomic mass is 9.95. The maximum atomic E-state index is 5.78. The van der Waals surface area contributed by atoms with Gasteiger partial charge in [0.2, 0.25) is 0 Å². The van der Waals surface area contributed by atoms with E-state index in [9.17, 15) is 0 Å². The monoisotopic (exact) mass is 219 g/mol. The van der Waals surface area contributed by atoms with Gasteiger partial charge < -0.3 is 10.1 Å². The Morgan fingerprint density at radius 1 is 1.31 bits per heavy atom. The van der Waals surface area contributed by atoms with Crippen LogP contribution >= 0.6 is 0 Å². The molecule has 0 fully saturated rings. The molecule has 2 heteroatoms. The molecule has 1 aliphatic heterocycles. The number of hydrogen-bond donors (Lipinski definition) is 1. The van der Waals surface area contributed by atoms with Crippen LogP contribution in [0.2, 0.25) is 0 Å². The maximum Gasteiger partial charge on any atom is 0.126 e. The molecule has 1 aromatic carbocycles. The fourth-order valence-electron chi connectivity index (χ4n) is 2.45. The molecular formula is C14H21NO. The van der Waals surface area contributed by atoms with Crippen molar-refractivity contribution in [2.45, 2.75) is 46.2 Å². The SMILES string of the molecule is Cc1cc(C)c2c(c1)C(NC(C)C)CCO2. The number of aryl methyl sites for hydroxylation is 2. The number of fused-ring (bicyclic) bond motifs is 1. The van der Waals surface area contributed by atoms with Gasteiger partial charge in [0.25, 0.3) is 0 Å². The average molecular weight is 219 g/mol. The van der Waals surface area contributed by atoms with E-state index in [-0.39, 0.29) is 0 Å². The Labute approximate surface area is 98.0 Å². The van der Waals surface area contributed by atoms with Crippen LogP contribution in [-0.2, 0) is 0 Å². The van der Waals surface area contributed by atoms with E-state index in [1.54, 1.807) is 0 Å². The van der Waals surface area contributed by atoms with Crippen molar-refractivity contribution in [2.24, 2.45) is 0 Å². The van der Waals surface area contributed by atoms with E-state index in [0.29, 0.717) is 12.1 Å². The number of benzene rings is 1. The highest BCUT2D eigenvalue weighted by molar-refractivity contribution is 5.46. The van der Waals surface area contributed by atoms with E-state index < -0.39 is 0 Å². The first-order valence-electron chi connectivity index (χ1n) is 6.08. The molecule has 1 heterocycles. The number of nitrogens with one attached hydrogen (secondary N) is 1. The summed E-state index contributed by atoms with van der Waals surface area (Å²) in [6.07, 6.45) is 1.06. The van der Waals surface area contributed by atoms with Crippen molar-refractivity contribution in [3.63, 3.8) is 0 Å². The summed E-state index contributed by atoms with van der Waals surface area (Å²) in [7, 11) is 0. The molecule has 0 saturated carbocycles. The molecule has 88 valence electrons. The van der Waals surface area contributed by atoms with Gasteiger partial charge in [-0.05, 0) is 19.4 Å². The highest BCUT2D eigenvalue weighted by Crippen LogP contribution is 2.35. The first kappa shape index (κ1) is 11.5. The van der Waals surface area contributed by atoms with Crippen molar-refractivity contribution >= 4 is 0 Å². The summed E-state index contributed by atoms with van der Waals surface area (Å²) in [5, 5.41) is 3.61. The van der Waals surface area contributed by atoms with Gasteiger partial charge in [0, 0.05) is 24.1 Å². The Kier molecular flexibility index (Phi) is 3.20. The van der Waals surface area contributed by atoms with Crippen LogP contribution in [-0.4, -0.2) is 12.6 Å². The molecule has 1 unspecified atom stereocenters. The van der Waals surface area contributed by atoms with Crippen LogP contribution < -0.4 is 10.1 Å². The second-order valence-corrected chi connectivity index (χ2v) is 5.01. The summed E-state index contributed by atoms with van der Waals surface area (Å²) < 4.78 is 5.78. The Hall–Kier alpha value is -1.02. The molecule has 0 bridgehead atoms. The van der Waals surface area contributed by atoms with Gasteiger partial charge in [-0.2, -0.15) is 0 Å². The van der Waals surface area contributed by atoms with Gasteiger partial charge in [0.05, 0.1) is 6.61 Å². The molecule has 1 aromatic rings. The predicted octanol–water partition coefficient (Wildman–Crippen LogP) is 3.13. The fourth-order valence-corrected chi connectivity index (χ4v) is 2.45. The van der Waals surface area contributed by atoms with Crippen LogP contribution in [0.1, 0.15) is 43.0 Å². The second-order valence-electron chi connectivity index (χ2n) is 5.01. The molecule has 1 N–H and O–H groups in total. The standard InChI is InChI=1S/C14H21NO/c1-9(2)15-13-5-6-16-14-11(4)7-10(3)8-12(13)14/h7-9,13,15H,5-6H2,1-4H3. The summed E-state index contributed by atoms with van der Waals surface area (Å²) in [6, 6.07) is 5.40. The molecule has 0 aliphatic carbocycles. The van der Waals surface area contributed by atoms with E-state index in [2.05, 4.69) is 45.1 Å². The molecule has 2 rings (SSSR count). The summed E-state index contributed by atoms with van der Waals surface area (Å²) in [6.45, 7) is 9.48. The largest absolute Gasteiger partial charge is 0.493 e. The minimum absolute atomic E-state index is 0.447. The van der Waals surface area contributed by atoms with Gasteiger partial charge in [0.15, 0.2) is 0 Å². The van der Waals surface area contributed by atoms with Crippen molar-refractivity contribution in [1.29, 1.82) is 0 Å². The van der Waals surface area contributed by atoms with Gasteiger partial charge in [-0.25, -0.2) is 0 Å². The third kappa shape index (κ3) is 2.22. The summed E-state index contributed by atoms with van der Waals surface area (Å²) in [5.74, 6) is 1.09. The zero-order valence-electron chi connectivity index (χ0n) is 10.6. The zero-order chi connectivity index (χ0) is 11.7. The Morgan fingerprint density at radius 2 is 2.06 bits per heavy atom. The normalized spacial score (nSPS) is 19.4. The lowest BCUT2D eigenvalue weighted by molar-refractivity contribution is 0.246. The highest BCUT2D eigenvalue weighted by atomic mass is 16.5. The van der Waals surface area contributed by atoms with E-state index in [0.717, 1.165) is 18.8 Å². The molecule has 0 amide bonds. The molecule has 0 saturated heterocycles. The van der Waals surface area contributed by atoms with Crippen LogP contribution in [0, 0.1) is 13.8 Å². The molecule has 0 radical (unpaired) electrons. The smallest absolute Gasteiger partial charge is 0.126 e. The molecule has 1 aliphatic rings. The first-order valence-corrected chi connectivity index (χ1v) is 6.08. The van der Waals surface area contributed by atoms with Crippen molar-refractivity contribution < 1.29 is 4.74 Å². The molecule has 1 atom stereocenters. The molecule has 2 nitrogen and oxygen atoms in total. The quantitative estimate of drug-likeness (QED) is 0.825. The Bertz CT molecular complexity index is 385. The minimum atomic E-state index is 0.447. The number of hydrogen-bond acceptors (Lipinski definition) is 2. The van der Waals surface area contributed by atoms with Gasteiger partial charge in [-0.1, -0.05) is 31.5 Å². The third-order valence-electron chi connectivity index (χ3n) is 3.01. The van der Waals surface area contributed by atoms with E-state index in [1.165, 1.54) is 16.7 Å². The highest BCUT2D eigenvalue weighted by Gasteiger charge is 2.23. The molecule has 0 aromatic heterocycles. The van der Waals surface area contributed by atoms with Gasteiger partial charge >= 0.3 is 0 Å². The molecule has 0 spiro atoms. The van der Waals surface area contributed by atoms with Crippen LogP contribution in [0.25, 0.3) is 0 Å². The van der Waals surface area contributed by atoms with E-state index in [1.807, 2.05) is 0 Å². The average Bonchev–Trinajstić information content (AvgIpc) is 2.18. The predicted molar refractivity (Wildman–Crippen MR) is 67.0 cm³/mol. The summed E-state index contributed by atoms with van der Waals surface area (Å²) >= 11 is 0. The number of rotatable bonds is 2. The second kappa shape index (κ2) is 4.46. The van der Waals surface area contributed by atoms with Crippen LogP contribution in [0.5, 0.6) is 5.75 Å². The topological polar surface area (TPSA) is 21.3 Å². The zero-order valence-corrected chi connectivity index (χ0v) is 10.6. The Morgan fingerprint density at radius 3 is 2.75 bits per heavy atom. The van der Waals surface area contributed by atoms with Crippen LogP contribution in [0.15, 0.2) is 12.1 Å². The summed E-state index contributed by atoms with van der Waals surface area (Å²) in [4.78, 5) is 0. The number of ether oxygens (including phenoxy) is 1. The van der Waals surface area contributed by atoms with Gasteiger partial charge in [0.1, 0.15) is 5.75 Å². The van der Waals surface area contributed by atoms with Crippen LogP contribution in [0.4, 0.5) is 0 Å². The van der Waals surface area contributed by atoms with Crippen molar-refractivity contribution in [1.82, 2.24) is 5.32 Å². The van der Waals surface area contributed by atoms with Crippen molar-refractivity contribution in [2.75, 3.05) is 6.61 Å².